The van der Waals surface area contributed by atoms with Crippen LogP contribution in [-0.4, -0.2) is 15.9 Å². The van der Waals surface area contributed by atoms with Crippen molar-refractivity contribution in [3.05, 3.63) is 23.8 Å². The molecule has 0 bridgehead atoms. The SMILES string of the molecule is CC(C)CC(=N)c1c(O)oc2ccc(O)cc12. The van der Waals surface area contributed by atoms with Gasteiger partial charge in [-0.05, 0) is 30.5 Å². The molecule has 1 aromatic carbocycles. The summed E-state index contributed by atoms with van der Waals surface area (Å²) >= 11 is 0. The number of phenols is 1. The van der Waals surface area contributed by atoms with Crippen LogP contribution >= 0.6 is 0 Å². The van der Waals surface area contributed by atoms with Crippen molar-refractivity contribution in [1.82, 2.24) is 0 Å². The van der Waals surface area contributed by atoms with Gasteiger partial charge in [0.15, 0.2) is 0 Å². The first-order chi connectivity index (χ1) is 7.99. The summed E-state index contributed by atoms with van der Waals surface area (Å²) in [4.78, 5) is 0. The van der Waals surface area contributed by atoms with Gasteiger partial charge in [0, 0.05) is 11.1 Å². The van der Waals surface area contributed by atoms with Crippen molar-refractivity contribution in [2.45, 2.75) is 20.3 Å². The number of fused-ring (bicyclic) bond motifs is 1. The van der Waals surface area contributed by atoms with Crippen LogP contribution in [0.1, 0.15) is 25.8 Å². The van der Waals surface area contributed by atoms with Crippen molar-refractivity contribution in [2.75, 3.05) is 0 Å². The maximum Gasteiger partial charge on any atom is 0.292 e. The van der Waals surface area contributed by atoms with Crippen LogP contribution in [-0.2, 0) is 0 Å². The zero-order chi connectivity index (χ0) is 12.6. The van der Waals surface area contributed by atoms with Crippen molar-refractivity contribution >= 4 is 16.7 Å². The molecule has 1 heterocycles. The van der Waals surface area contributed by atoms with Crippen LogP contribution in [0.3, 0.4) is 0 Å². The van der Waals surface area contributed by atoms with Crippen molar-refractivity contribution in [2.24, 2.45) is 5.92 Å². The third kappa shape index (κ3) is 2.11. The van der Waals surface area contributed by atoms with E-state index in [2.05, 4.69) is 0 Å². The van der Waals surface area contributed by atoms with Crippen LogP contribution in [0.4, 0.5) is 0 Å². The normalized spacial score (nSPS) is 11.2. The van der Waals surface area contributed by atoms with Gasteiger partial charge in [-0.1, -0.05) is 13.8 Å². The Bertz CT molecular complexity index is 569. The van der Waals surface area contributed by atoms with Crippen LogP contribution in [0.5, 0.6) is 11.7 Å². The fourth-order valence-electron chi connectivity index (χ4n) is 1.87. The zero-order valence-electron chi connectivity index (χ0n) is 9.82. The van der Waals surface area contributed by atoms with Crippen molar-refractivity contribution in [3.63, 3.8) is 0 Å². The summed E-state index contributed by atoms with van der Waals surface area (Å²) in [7, 11) is 0. The molecule has 0 aliphatic heterocycles. The highest BCUT2D eigenvalue weighted by molar-refractivity contribution is 6.10. The number of phenolic OH excluding ortho intramolecular Hbond substituents is 1. The molecule has 0 spiro atoms. The minimum absolute atomic E-state index is 0.0943. The maximum atomic E-state index is 9.72. The fraction of sp³-hybridized carbons (Fsp3) is 0.308. The molecule has 0 aliphatic carbocycles. The van der Waals surface area contributed by atoms with Crippen LogP contribution in [0.25, 0.3) is 11.0 Å². The molecule has 0 amide bonds. The van der Waals surface area contributed by atoms with E-state index >= 15 is 0 Å². The van der Waals surface area contributed by atoms with Crippen LogP contribution in [0, 0.1) is 11.3 Å². The summed E-state index contributed by atoms with van der Waals surface area (Å²) in [5.74, 6) is 0.164. The highest BCUT2D eigenvalue weighted by atomic mass is 16.5. The molecule has 4 heteroatoms. The van der Waals surface area contributed by atoms with Gasteiger partial charge in [-0.2, -0.15) is 0 Å². The molecular formula is C13H15NO3. The summed E-state index contributed by atoms with van der Waals surface area (Å²) in [5.41, 5.74) is 1.18. The van der Waals surface area contributed by atoms with Crippen LogP contribution < -0.4 is 0 Å². The van der Waals surface area contributed by atoms with Gasteiger partial charge in [0.2, 0.25) is 0 Å². The predicted octanol–water partition coefficient (Wildman–Crippen LogP) is 3.26. The largest absolute Gasteiger partial charge is 0.508 e. The second-order valence-electron chi connectivity index (χ2n) is 4.54. The summed E-state index contributed by atoms with van der Waals surface area (Å²) in [5, 5.41) is 27.7. The molecule has 0 radical (unpaired) electrons. The number of benzene rings is 1. The van der Waals surface area contributed by atoms with E-state index in [1.807, 2.05) is 13.8 Å². The molecule has 0 atom stereocenters. The molecule has 2 rings (SSSR count). The Hall–Kier alpha value is -1.97. The van der Waals surface area contributed by atoms with Gasteiger partial charge in [-0.3, -0.25) is 0 Å². The van der Waals surface area contributed by atoms with E-state index in [9.17, 15) is 10.2 Å². The van der Waals surface area contributed by atoms with Crippen LogP contribution in [0.15, 0.2) is 22.6 Å². The molecule has 1 aromatic heterocycles. The minimum atomic E-state index is -0.253. The first-order valence-electron chi connectivity index (χ1n) is 5.51. The quantitative estimate of drug-likeness (QED) is 0.712. The molecule has 2 aromatic rings. The summed E-state index contributed by atoms with van der Waals surface area (Å²) in [6, 6.07) is 4.57. The number of hydrogen-bond donors (Lipinski definition) is 3. The Morgan fingerprint density at radius 1 is 1.35 bits per heavy atom. The van der Waals surface area contributed by atoms with Crippen molar-refractivity contribution in [1.29, 1.82) is 5.41 Å². The van der Waals surface area contributed by atoms with Crippen molar-refractivity contribution < 1.29 is 14.6 Å². The van der Waals surface area contributed by atoms with E-state index in [4.69, 9.17) is 9.83 Å². The first kappa shape index (κ1) is 11.5. The lowest BCUT2D eigenvalue weighted by Crippen LogP contribution is -2.02. The minimum Gasteiger partial charge on any atom is -0.508 e. The lowest BCUT2D eigenvalue weighted by Gasteiger charge is -2.05. The summed E-state index contributed by atoms with van der Waals surface area (Å²) in [6.07, 6.45) is 0.553. The summed E-state index contributed by atoms with van der Waals surface area (Å²) < 4.78 is 5.16. The molecule has 0 fully saturated rings. The smallest absolute Gasteiger partial charge is 0.292 e. The third-order valence-corrected chi connectivity index (χ3v) is 2.57. The molecule has 4 nitrogen and oxygen atoms in total. The van der Waals surface area contributed by atoms with E-state index in [0.717, 1.165) is 0 Å². The third-order valence-electron chi connectivity index (χ3n) is 2.57. The Morgan fingerprint density at radius 3 is 2.71 bits per heavy atom. The zero-order valence-corrected chi connectivity index (χ0v) is 9.82. The predicted molar refractivity (Wildman–Crippen MR) is 65.8 cm³/mol. The van der Waals surface area contributed by atoms with E-state index in [0.29, 0.717) is 34.6 Å². The highest BCUT2D eigenvalue weighted by Gasteiger charge is 2.18. The highest BCUT2D eigenvalue weighted by Crippen LogP contribution is 2.34. The van der Waals surface area contributed by atoms with Gasteiger partial charge >= 0.3 is 0 Å². The monoisotopic (exact) mass is 233 g/mol. The van der Waals surface area contributed by atoms with Gasteiger partial charge in [0.1, 0.15) is 11.3 Å². The average Bonchev–Trinajstić information content (AvgIpc) is 2.52. The Balaban J connectivity index is 2.55. The maximum absolute atomic E-state index is 9.72. The second-order valence-corrected chi connectivity index (χ2v) is 4.54. The molecule has 90 valence electrons. The van der Waals surface area contributed by atoms with E-state index in [1.165, 1.54) is 12.1 Å². The van der Waals surface area contributed by atoms with Gasteiger partial charge in [0.25, 0.3) is 5.95 Å². The first-order valence-corrected chi connectivity index (χ1v) is 5.51. The molecule has 0 unspecified atom stereocenters. The summed E-state index contributed by atoms with van der Waals surface area (Å²) in [6.45, 7) is 4.01. The molecular weight excluding hydrogens is 218 g/mol. The molecule has 0 saturated carbocycles. The second kappa shape index (κ2) is 4.13. The molecule has 3 N–H and O–H groups in total. The number of furan rings is 1. The van der Waals surface area contributed by atoms with Gasteiger partial charge in [0.05, 0.1) is 5.56 Å². The Labute approximate surface area is 99.0 Å². The van der Waals surface area contributed by atoms with E-state index in [-0.39, 0.29) is 11.7 Å². The van der Waals surface area contributed by atoms with Crippen LogP contribution in [0.2, 0.25) is 0 Å². The van der Waals surface area contributed by atoms with Crippen molar-refractivity contribution in [3.8, 4) is 11.7 Å². The topological polar surface area (TPSA) is 77.5 Å². The van der Waals surface area contributed by atoms with E-state index < -0.39 is 0 Å². The number of hydrogen-bond acceptors (Lipinski definition) is 4. The molecule has 0 saturated heterocycles. The Morgan fingerprint density at radius 2 is 2.06 bits per heavy atom. The van der Waals surface area contributed by atoms with E-state index in [1.54, 1.807) is 6.07 Å². The average molecular weight is 233 g/mol. The number of nitrogens with one attached hydrogen (secondary N) is 1. The lowest BCUT2D eigenvalue weighted by atomic mass is 9.99. The van der Waals surface area contributed by atoms with Gasteiger partial charge in [-0.25, -0.2) is 0 Å². The standard InChI is InChI=1S/C13H15NO3/c1-7(2)5-10(14)12-9-6-8(15)3-4-11(9)17-13(12)16/h3-4,6-7,14-16H,5H2,1-2H3. The molecule has 0 aliphatic rings. The molecule has 17 heavy (non-hydrogen) atoms. The Kier molecular flexibility index (Phi) is 2.79. The van der Waals surface area contributed by atoms with Gasteiger partial charge < -0.3 is 20.0 Å². The van der Waals surface area contributed by atoms with Gasteiger partial charge in [-0.15, -0.1) is 0 Å². The number of aromatic hydroxyl groups is 2. The number of rotatable bonds is 3. The lowest BCUT2D eigenvalue weighted by molar-refractivity contribution is 0.345. The fourth-order valence-corrected chi connectivity index (χ4v) is 1.87.